The van der Waals surface area contributed by atoms with Crippen LogP contribution in [-0.4, -0.2) is 43.0 Å². The standard InChI is InChI=1S/C19H24O6/c1-5-11-19(17(20)21-4)15-14(23-18(2,3)24-15)16(25-19)22-12-13-9-7-6-8-10-13/h5-10,14-16H,1,11-12H2,2-4H3/t14-,15+,16-,19-/m0/s1. The first kappa shape index (κ1) is 18.1. The van der Waals surface area contributed by atoms with E-state index in [-0.39, 0.29) is 6.42 Å². The van der Waals surface area contributed by atoms with Gasteiger partial charge in [-0.1, -0.05) is 36.4 Å². The summed E-state index contributed by atoms with van der Waals surface area (Å²) >= 11 is 0. The number of methoxy groups -OCH3 is 1. The molecule has 1 aromatic rings. The van der Waals surface area contributed by atoms with Gasteiger partial charge in [-0.2, -0.15) is 0 Å². The van der Waals surface area contributed by atoms with Gasteiger partial charge in [0, 0.05) is 6.42 Å². The van der Waals surface area contributed by atoms with E-state index in [1.165, 1.54) is 7.11 Å². The molecule has 2 saturated heterocycles. The van der Waals surface area contributed by atoms with E-state index >= 15 is 0 Å². The minimum absolute atomic E-state index is 0.242. The van der Waals surface area contributed by atoms with Crippen molar-refractivity contribution in [1.29, 1.82) is 0 Å². The Labute approximate surface area is 147 Å². The van der Waals surface area contributed by atoms with Crippen molar-refractivity contribution in [2.75, 3.05) is 7.11 Å². The van der Waals surface area contributed by atoms with Crippen molar-refractivity contribution in [2.24, 2.45) is 0 Å². The zero-order valence-corrected chi connectivity index (χ0v) is 14.8. The van der Waals surface area contributed by atoms with Gasteiger partial charge in [0.05, 0.1) is 13.7 Å². The summed E-state index contributed by atoms with van der Waals surface area (Å²) in [5.74, 6) is -1.36. The van der Waals surface area contributed by atoms with E-state index in [2.05, 4.69) is 6.58 Å². The monoisotopic (exact) mass is 348 g/mol. The average Bonchev–Trinajstić information content (AvgIpc) is 3.06. The van der Waals surface area contributed by atoms with Gasteiger partial charge in [-0.05, 0) is 19.4 Å². The molecule has 3 rings (SSSR count). The lowest BCUT2D eigenvalue weighted by Crippen LogP contribution is -2.50. The highest BCUT2D eigenvalue weighted by atomic mass is 16.8. The quantitative estimate of drug-likeness (QED) is 0.582. The van der Waals surface area contributed by atoms with Crippen molar-refractivity contribution in [2.45, 2.75) is 56.8 Å². The number of carbonyl (C=O) groups excluding carboxylic acids is 1. The second-order valence-electron chi connectivity index (χ2n) is 6.68. The number of ether oxygens (including phenoxy) is 5. The third-order valence-corrected chi connectivity index (χ3v) is 4.42. The third-order valence-electron chi connectivity index (χ3n) is 4.42. The molecule has 0 N–H and O–H groups in total. The second kappa shape index (κ2) is 6.88. The van der Waals surface area contributed by atoms with Gasteiger partial charge >= 0.3 is 5.97 Å². The third kappa shape index (κ3) is 3.35. The summed E-state index contributed by atoms with van der Waals surface area (Å²) in [4.78, 5) is 12.5. The molecular formula is C19H24O6. The highest BCUT2D eigenvalue weighted by molar-refractivity contribution is 5.81. The molecule has 25 heavy (non-hydrogen) atoms. The maximum absolute atomic E-state index is 12.5. The van der Waals surface area contributed by atoms with Gasteiger partial charge in [-0.3, -0.25) is 0 Å². The van der Waals surface area contributed by atoms with Crippen LogP contribution in [0, 0.1) is 0 Å². The van der Waals surface area contributed by atoms with Crippen LogP contribution in [0.2, 0.25) is 0 Å². The molecule has 0 aliphatic carbocycles. The maximum Gasteiger partial charge on any atom is 0.341 e. The summed E-state index contributed by atoms with van der Waals surface area (Å²) < 4.78 is 28.8. The fourth-order valence-corrected chi connectivity index (χ4v) is 3.37. The smallest absolute Gasteiger partial charge is 0.341 e. The van der Waals surface area contributed by atoms with Gasteiger partial charge in [-0.15, -0.1) is 6.58 Å². The Morgan fingerprint density at radius 1 is 1.24 bits per heavy atom. The lowest BCUT2D eigenvalue weighted by molar-refractivity contribution is -0.259. The van der Waals surface area contributed by atoms with Crippen molar-refractivity contribution in [3.8, 4) is 0 Å². The summed E-state index contributed by atoms with van der Waals surface area (Å²) in [6.07, 6.45) is -0.0502. The predicted molar refractivity (Wildman–Crippen MR) is 89.5 cm³/mol. The molecule has 4 atom stereocenters. The highest BCUT2D eigenvalue weighted by Gasteiger charge is 2.67. The van der Waals surface area contributed by atoms with Crippen LogP contribution in [0.3, 0.4) is 0 Å². The van der Waals surface area contributed by atoms with E-state index in [0.29, 0.717) is 6.61 Å². The molecule has 0 amide bonds. The van der Waals surface area contributed by atoms with Gasteiger partial charge in [0.25, 0.3) is 0 Å². The van der Waals surface area contributed by atoms with Crippen LogP contribution in [0.15, 0.2) is 43.0 Å². The fraction of sp³-hybridized carbons (Fsp3) is 0.526. The molecule has 0 unspecified atom stereocenters. The topological polar surface area (TPSA) is 63.2 Å². The molecule has 0 aromatic heterocycles. The predicted octanol–water partition coefficient (Wildman–Crippen LogP) is 2.57. The molecule has 0 radical (unpaired) electrons. The Kier molecular flexibility index (Phi) is 4.97. The van der Waals surface area contributed by atoms with Gasteiger partial charge < -0.3 is 23.7 Å². The van der Waals surface area contributed by atoms with Crippen LogP contribution in [0.5, 0.6) is 0 Å². The maximum atomic E-state index is 12.5. The first-order valence-electron chi connectivity index (χ1n) is 8.30. The number of carbonyl (C=O) groups is 1. The molecule has 6 nitrogen and oxygen atoms in total. The lowest BCUT2D eigenvalue weighted by Gasteiger charge is -2.31. The van der Waals surface area contributed by atoms with Crippen molar-refractivity contribution in [3.05, 3.63) is 48.6 Å². The lowest BCUT2D eigenvalue weighted by atomic mass is 9.91. The Hall–Kier alpha value is -1.73. The van der Waals surface area contributed by atoms with Gasteiger partial charge in [0.2, 0.25) is 5.60 Å². The second-order valence-corrected chi connectivity index (χ2v) is 6.68. The summed E-state index contributed by atoms with van der Waals surface area (Å²) in [5, 5.41) is 0. The Bertz CT molecular complexity index is 628. The van der Waals surface area contributed by atoms with E-state index in [9.17, 15) is 4.79 Å². The molecule has 6 heteroatoms. The molecule has 0 spiro atoms. The first-order valence-corrected chi connectivity index (χ1v) is 8.30. The summed E-state index contributed by atoms with van der Waals surface area (Å²) in [6, 6.07) is 9.73. The molecule has 0 saturated carbocycles. The first-order chi connectivity index (χ1) is 11.9. The summed E-state index contributed by atoms with van der Waals surface area (Å²) in [5.41, 5.74) is -0.323. The number of hydrogen-bond donors (Lipinski definition) is 0. The number of benzene rings is 1. The summed E-state index contributed by atoms with van der Waals surface area (Å²) in [6.45, 7) is 7.67. The van der Waals surface area contributed by atoms with Crippen LogP contribution < -0.4 is 0 Å². The van der Waals surface area contributed by atoms with Gasteiger partial charge in [0.15, 0.2) is 12.1 Å². The summed E-state index contributed by atoms with van der Waals surface area (Å²) in [7, 11) is 1.32. The normalized spacial score (nSPS) is 33.0. The van der Waals surface area contributed by atoms with Crippen molar-refractivity contribution < 1.29 is 28.5 Å². The molecule has 2 heterocycles. The Morgan fingerprint density at radius 2 is 1.96 bits per heavy atom. The highest BCUT2D eigenvalue weighted by Crippen LogP contribution is 2.46. The number of fused-ring (bicyclic) bond motifs is 1. The van der Waals surface area contributed by atoms with E-state index in [4.69, 9.17) is 23.7 Å². The van der Waals surface area contributed by atoms with E-state index < -0.39 is 35.9 Å². The van der Waals surface area contributed by atoms with Gasteiger partial charge in [0.1, 0.15) is 12.2 Å². The van der Waals surface area contributed by atoms with E-state index in [0.717, 1.165) is 5.56 Å². The Morgan fingerprint density at radius 3 is 2.60 bits per heavy atom. The van der Waals surface area contributed by atoms with Crippen molar-refractivity contribution in [1.82, 2.24) is 0 Å². The van der Waals surface area contributed by atoms with Crippen molar-refractivity contribution >= 4 is 5.97 Å². The van der Waals surface area contributed by atoms with E-state index in [1.54, 1.807) is 19.9 Å². The number of rotatable bonds is 6. The van der Waals surface area contributed by atoms with E-state index in [1.807, 2.05) is 30.3 Å². The molecular weight excluding hydrogens is 324 g/mol. The van der Waals surface area contributed by atoms with Crippen LogP contribution in [-0.2, 0) is 35.1 Å². The van der Waals surface area contributed by atoms with Crippen LogP contribution in [0.1, 0.15) is 25.8 Å². The molecule has 0 bridgehead atoms. The Balaban J connectivity index is 1.84. The zero-order valence-electron chi connectivity index (χ0n) is 14.8. The van der Waals surface area contributed by atoms with Crippen LogP contribution in [0.4, 0.5) is 0 Å². The molecule has 136 valence electrons. The molecule has 2 fully saturated rings. The van der Waals surface area contributed by atoms with Crippen LogP contribution >= 0.6 is 0 Å². The van der Waals surface area contributed by atoms with Crippen molar-refractivity contribution in [3.63, 3.8) is 0 Å². The number of hydrogen-bond acceptors (Lipinski definition) is 6. The van der Waals surface area contributed by atoms with Crippen LogP contribution in [0.25, 0.3) is 0 Å². The zero-order chi connectivity index (χ0) is 18.1. The minimum Gasteiger partial charge on any atom is -0.467 e. The number of esters is 1. The largest absolute Gasteiger partial charge is 0.467 e. The molecule has 1 aromatic carbocycles. The average molecular weight is 348 g/mol. The molecule has 2 aliphatic heterocycles. The van der Waals surface area contributed by atoms with Gasteiger partial charge in [-0.25, -0.2) is 4.79 Å². The minimum atomic E-state index is -1.32. The fourth-order valence-electron chi connectivity index (χ4n) is 3.37. The molecule has 2 aliphatic rings. The SMILES string of the molecule is C=CC[C@]1(C(=O)OC)O[C@H](OCc2ccccc2)[C@H]2OC(C)(C)O[C@H]21.